The number of piperidine rings is 1. The van der Waals surface area contributed by atoms with Crippen LogP contribution < -0.4 is 5.32 Å². The molecule has 2 heterocycles. The average Bonchev–Trinajstić information content (AvgIpc) is 2.99. The molecule has 86 valence electrons. The summed E-state index contributed by atoms with van der Waals surface area (Å²) in [6, 6.07) is 1.83. The maximum absolute atomic E-state index is 3.68. The summed E-state index contributed by atoms with van der Waals surface area (Å²) in [5.41, 5.74) is 0. The monoisotopic (exact) mass is 208 g/mol. The third kappa shape index (κ3) is 2.21. The van der Waals surface area contributed by atoms with Crippen molar-refractivity contribution in [3.8, 4) is 0 Å². The van der Waals surface area contributed by atoms with E-state index < -0.39 is 0 Å². The molecule has 0 radical (unpaired) electrons. The lowest BCUT2D eigenvalue weighted by Gasteiger charge is -2.36. The molecule has 3 aliphatic rings. The highest BCUT2D eigenvalue weighted by Gasteiger charge is 2.38. The van der Waals surface area contributed by atoms with E-state index >= 15 is 0 Å². The van der Waals surface area contributed by atoms with E-state index in [2.05, 4.69) is 17.3 Å². The zero-order valence-electron chi connectivity index (χ0n) is 9.91. The molecule has 3 rings (SSSR count). The Morgan fingerprint density at radius 1 is 0.933 bits per heavy atom. The van der Waals surface area contributed by atoms with Gasteiger partial charge in [-0.15, -0.1) is 0 Å². The number of nitrogens with one attached hydrogen (secondary N) is 1. The fourth-order valence-electron chi connectivity index (χ4n) is 3.50. The van der Waals surface area contributed by atoms with E-state index in [0.717, 1.165) is 23.9 Å². The Morgan fingerprint density at radius 3 is 2.13 bits per heavy atom. The Bertz CT molecular complexity index is 211. The van der Waals surface area contributed by atoms with Gasteiger partial charge in [0.1, 0.15) is 0 Å². The van der Waals surface area contributed by atoms with Crippen molar-refractivity contribution >= 4 is 0 Å². The molecule has 2 bridgehead atoms. The van der Waals surface area contributed by atoms with E-state index in [9.17, 15) is 0 Å². The topological polar surface area (TPSA) is 15.3 Å². The Kier molecular flexibility index (Phi) is 2.73. The summed E-state index contributed by atoms with van der Waals surface area (Å²) in [7, 11) is 2.33. The minimum atomic E-state index is 0.913. The molecule has 2 heteroatoms. The highest BCUT2D eigenvalue weighted by molar-refractivity contribution is 4.93. The molecule has 1 saturated carbocycles. The van der Waals surface area contributed by atoms with Crippen LogP contribution in [-0.2, 0) is 0 Å². The van der Waals surface area contributed by atoms with Crippen LogP contribution in [-0.4, -0.2) is 37.1 Å². The lowest BCUT2D eigenvalue weighted by Crippen LogP contribution is -2.42. The van der Waals surface area contributed by atoms with E-state index in [-0.39, 0.29) is 0 Å². The largest absolute Gasteiger partial charge is 0.316 e. The van der Waals surface area contributed by atoms with E-state index in [1.54, 1.807) is 0 Å². The molecule has 3 fully saturated rings. The van der Waals surface area contributed by atoms with Gasteiger partial charge in [-0.25, -0.2) is 0 Å². The van der Waals surface area contributed by atoms with Crippen molar-refractivity contribution in [2.75, 3.05) is 20.1 Å². The second kappa shape index (κ2) is 4.06. The molecule has 2 nitrogen and oxygen atoms in total. The van der Waals surface area contributed by atoms with E-state index in [0.29, 0.717) is 0 Å². The SMILES string of the molecule is CN1C2CCC1CC(CNCC1CC1)C2. The third-order valence-electron chi connectivity index (χ3n) is 4.76. The summed E-state index contributed by atoms with van der Waals surface area (Å²) >= 11 is 0. The van der Waals surface area contributed by atoms with Crippen LogP contribution in [0.25, 0.3) is 0 Å². The molecule has 2 atom stereocenters. The smallest absolute Gasteiger partial charge is 0.00988 e. The molecule has 0 aromatic carbocycles. The minimum absolute atomic E-state index is 0.913. The van der Waals surface area contributed by atoms with Gasteiger partial charge in [0.05, 0.1) is 0 Å². The van der Waals surface area contributed by atoms with Crippen molar-refractivity contribution in [2.45, 2.75) is 50.6 Å². The van der Waals surface area contributed by atoms with Crippen LogP contribution in [0.15, 0.2) is 0 Å². The molecule has 0 aromatic rings. The molecule has 15 heavy (non-hydrogen) atoms. The zero-order valence-corrected chi connectivity index (χ0v) is 9.91. The van der Waals surface area contributed by atoms with Gasteiger partial charge < -0.3 is 10.2 Å². The van der Waals surface area contributed by atoms with E-state index in [1.165, 1.54) is 51.6 Å². The van der Waals surface area contributed by atoms with Crippen molar-refractivity contribution in [2.24, 2.45) is 11.8 Å². The fourth-order valence-corrected chi connectivity index (χ4v) is 3.50. The number of fused-ring (bicyclic) bond motifs is 2. The Morgan fingerprint density at radius 2 is 1.53 bits per heavy atom. The first-order chi connectivity index (χ1) is 7.33. The fraction of sp³-hybridized carbons (Fsp3) is 1.00. The lowest BCUT2D eigenvalue weighted by molar-refractivity contribution is 0.133. The first-order valence-electron chi connectivity index (χ1n) is 6.75. The van der Waals surface area contributed by atoms with Crippen LogP contribution in [0.5, 0.6) is 0 Å². The molecule has 2 unspecified atom stereocenters. The third-order valence-corrected chi connectivity index (χ3v) is 4.76. The summed E-state index contributed by atoms with van der Waals surface area (Å²) in [6.45, 7) is 2.58. The van der Waals surface area contributed by atoms with Gasteiger partial charge in [-0.2, -0.15) is 0 Å². The number of nitrogens with zero attached hydrogens (tertiary/aromatic N) is 1. The Hall–Kier alpha value is -0.0800. The van der Waals surface area contributed by atoms with Crippen LogP contribution in [0.1, 0.15) is 38.5 Å². The van der Waals surface area contributed by atoms with Crippen LogP contribution >= 0.6 is 0 Å². The van der Waals surface area contributed by atoms with Crippen LogP contribution in [0, 0.1) is 11.8 Å². The van der Waals surface area contributed by atoms with E-state index in [4.69, 9.17) is 0 Å². The zero-order chi connectivity index (χ0) is 10.3. The number of hydrogen-bond acceptors (Lipinski definition) is 2. The van der Waals surface area contributed by atoms with Crippen LogP contribution in [0.2, 0.25) is 0 Å². The normalized spacial score (nSPS) is 41.0. The first-order valence-corrected chi connectivity index (χ1v) is 6.75. The van der Waals surface area contributed by atoms with Gasteiger partial charge in [-0.1, -0.05) is 0 Å². The van der Waals surface area contributed by atoms with Gasteiger partial charge in [0, 0.05) is 12.1 Å². The van der Waals surface area contributed by atoms with Gasteiger partial charge in [0.25, 0.3) is 0 Å². The predicted octanol–water partition coefficient (Wildman–Crippen LogP) is 1.86. The minimum Gasteiger partial charge on any atom is -0.316 e. The first kappa shape index (κ1) is 10.1. The van der Waals surface area contributed by atoms with Gasteiger partial charge in [-0.05, 0) is 70.5 Å². The quantitative estimate of drug-likeness (QED) is 0.758. The molecule has 1 aliphatic carbocycles. The molecule has 2 aliphatic heterocycles. The maximum atomic E-state index is 3.68. The number of rotatable bonds is 4. The summed E-state index contributed by atoms with van der Waals surface area (Å²) in [5, 5.41) is 3.68. The number of hydrogen-bond donors (Lipinski definition) is 1. The average molecular weight is 208 g/mol. The molecule has 0 spiro atoms. The van der Waals surface area contributed by atoms with Gasteiger partial charge >= 0.3 is 0 Å². The standard InChI is InChI=1S/C13H24N2/c1-15-12-4-5-13(15)7-11(6-12)9-14-8-10-2-3-10/h10-14H,2-9H2,1H3. The predicted molar refractivity (Wildman–Crippen MR) is 62.9 cm³/mol. The molecular weight excluding hydrogens is 184 g/mol. The Labute approximate surface area is 93.4 Å². The lowest BCUT2D eigenvalue weighted by atomic mass is 9.91. The maximum Gasteiger partial charge on any atom is 0.00988 e. The molecule has 0 amide bonds. The molecule has 1 N–H and O–H groups in total. The molecule has 0 aromatic heterocycles. The highest BCUT2D eigenvalue weighted by atomic mass is 15.2. The van der Waals surface area contributed by atoms with Crippen LogP contribution in [0.3, 0.4) is 0 Å². The van der Waals surface area contributed by atoms with Crippen molar-refractivity contribution in [1.29, 1.82) is 0 Å². The second-order valence-corrected chi connectivity index (χ2v) is 5.99. The summed E-state index contributed by atoms with van der Waals surface area (Å²) in [6.07, 6.45) is 8.77. The summed E-state index contributed by atoms with van der Waals surface area (Å²) < 4.78 is 0. The van der Waals surface area contributed by atoms with Crippen molar-refractivity contribution < 1.29 is 0 Å². The van der Waals surface area contributed by atoms with Crippen LogP contribution in [0.4, 0.5) is 0 Å². The van der Waals surface area contributed by atoms with Crippen molar-refractivity contribution in [3.05, 3.63) is 0 Å². The van der Waals surface area contributed by atoms with E-state index in [1.807, 2.05) is 0 Å². The van der Waals surface area contributed by atoms with Gasteiger partial charge in [-0.3, -0.25) is 0 Å². The van der Waals surface area contributed by atoms with Crippen molar-refractivity contribution in [1.82, 2.24) is 10.2 Å². The molecular formula is C13H24N2. The second-order valence-electron chi connectivity index (χ2n) is 5.99. The Balaban J connectivity index is 1.43. The molecule has 2 saturated heterocycles. The summed E-state index contributed by atoms with van der Waals surface area (Å²) in [5.74, 6) is 2.01. The summed E-state index contributed by atoms with van der Waals surface area (Å²) in [4.78, 5) is 2.64. The van der Waals surface area contributed by atoms with Crippen molar-refractivity contribution in [3.63, 3.8) is 0 Å². The van der Waals surface area contributed by atoms with Gasteiger partial charge in [0.2, 0.25) is 0 Å². The highest BCUT2D eigenvalue weighted by Crippen LogP contribution is 2.37. The van der Waals surface area contributed by atoms with Gasteiger partial charge in [0.15, 0.2) is 0 Å².